The molecule has 4 rings (SSSR count). The molecule has 0 saturated carbocycles. The molecule has 0 unspecified atom stereocenters. The second kappa shape index (κ2) is 7.70. The van der Waals surface area contributed by atoms with Gasteiger partial charge in [-0.3, -0.25) is 14.9 Å². The second-order valence-electron chi connectivity index (χ2n) is 7.04. The maximum atomic E-state index is 12.9. The number of anilines is 2. The number of amides is 1. The number of hydrogen-bond acceptors (Lipinski definition) is 8. The first-order valence-electron chi connectivity index (χ1n) is 9.40. The predicted molar refractivity (Wildman–Crippen MR) is 107 cm³/mol. The molecular formula is C18H22N6O3S. The fourth-order valence-corrected chi connectivity index (χ4v) is 4.46. The van der Waals surface area contributed by atoms with Crippen LogP contribution in [-0.4, -0.2) is 65.2 Å². The van der Waals surface area contributed by atoms with E-state index >= 15 is 0 Å². The van der Waals surface area contributed by atoms with E-state index in [2.05, 4.69) is 15.1 Å². The molecule has 28 heavy (non-hydrogen) atoms. The van der Waals surface area contributed by atoms with Crippen LogP contribution in [0.5, 0.6) is 0 Å². The van der Waals surface area contributed by atoms with Crippen molar-refractivity contribution >= 4 is 33.8 Å². The third-order valence-corrected chi connectivity index (χ3v) is 6.12. The molecule has 10 heteroatoms. The molecule has 2 saturated heterocycles. The molecule has 0 atom stereocenters. The molecule has 0 radical (unpaired) electrons. The monoisotopic (exact) mass is 402 g/mol. The minimum Gasteiger partial charge on any atom is -0.366 e. The number of hydrogen-bond donors (Lipinski definition) is 0. The third kappa shape index (κ3) is 3.64. The van der Waals surface area contributed by atoms with Gasteiger partial charge in [-0.05, 0) is 31.9 Å². The highest BCUT2D eigenvalue weighted by atomic mass is 32.1. The van der Waals surface area contributed by atoms with Crippen molar-refractivity contribution in [3.05, 3.63) is 38.9 Å². The van der Waals surface area contributed by atoms with Crippen LogP contribution in [0.1, 0.15) is 28.2 Å². The Balaban J connectivity index is 1.47. The van der Waals surface area contributed by atoms with Crippen LogP contribution in [0.3, 0.4) is 0 Å². The Morgan fingerprint density at radius 1 is 1.07 bits per heavy atom. The number of aryl methyl sites for hydroxylation is 1. The van der Waals surface area contributed by atoms with Gasteiger partial charge in [0.15, 0.2) is 0 Å². The molecule has 0 bridgehead atoms. The number of rotatable bonds is 4. The number of aromatic nitrogens is 2. The maximum absolute atomic E-state index is 12.9. The average Bonchev–Trinajstić information content (AvgIpc) is 3.39. The zero-order valence-electron chi connectivity index (χ0n) is 15.7. The van der Waals surface area contributed by atoms with Gasteiger partial charge in [0, 0.05) is 50.9 Å². The van der Waals surface area contributed by atoms with Crippen LogP contribution in [0.25, 0.3) is 0 Å². The molecule has 0 spiro atoms. The summed E-state index contributed by atoms with van der Waals surface area (Å²) in [5.41, 5.74) is 0.987. The number of nitrogens with zero attached hydrogens (tertiary/aromatic N) is 6. The van der Waals surface area contributed by atoms with Gasteiger partial charge in [-0.1, -0.05) is 11.3 Å². The summed E-state index contributed by atoms with van der Waals surface area (Å²) in [6.45, 7) is 6.02. The van der Waals surface area contributed by atoms with Crippen LogP contribution in [0.2, 0.25) is 0 Å². The highest BCUT2D eigenvalue weighted by Gasteiger charge is 2.27. The molecule has 1 amide bonds. The molecule has 1 aromatic heterocycles. The first kappa shape index (κ1) is 18.6. The Morgan fingerprint density at radius 2 is 1.79 bits per heavy atom. The zero-order chi connectivity index (χ0) is 19.7. The van der Waals surface area contributed by atoms with Crippen LogP contribution < -0.4 is 9.80 Å². The van der Waals surface area contributed by atoms with Crippen molar-refractivity contribution in [2.75, 3.05) is 49.1 Å². The fraction of sp³-hybridized carbons (Fsp3) is 0.500. The molecule has 3 heterocycles. The van der Waals surface area contributed by atoms with Crippen molar-refractivity contribution < 1.29 is 9.72 Å². The highest BCUT2D eigenvalue weighted by Crippen LogP contribution is 2.32. The van der Waals surface area contributed by atoms with Gasteiger partial charge < -0.3 is 14.7 Å². The van der Waals surface area contributed by atoms with Gasteiger partial charge in [-0.2, -0.15) is 0 Å². The van der Waals surface area contributed by atoms with E-state index in [1.165, 1.54) is 17.4 Å². The molecule has 2 aromatic rings. The molecule has 9 nitrogen and oxygen atoms in total. The van der Waals surface area contributed by atoms with Gasteiger partial charge in [-0.25, -0.2) is 0 Å². The summed E-state index contributed by atoms with van der Waals surface area (Å²) >= 11 is 1.54. The van der Waals surface area contributed by atoms with Gasteiger partial charge in [0.25, 0.3) is 11.6 Å². The van der Waals surface area contributed by atoms with E-state index in [4.69, 9.17) is 0 Å². The van der Waals surface area contributed by atoms with Crippen molar-refractivity contribution in [1.29, 1.82) is 0 Å². The van der Waals surface area contributed by atoms with Crippen molar-refractivity contribution in [2.45, 2.75) is 19.8 Å². The number of piperazine rings is 1. The Bertz CT molecular complexity index is 887. The van der Waals surface area contributed by atoms with E-state index < -0.39 is 0 Å². The van der Waals surface area contributed by atoms with Crippen LogP contribution in [-0.2, 0) is 0 Å². The van der Waals surface area contributed by atoms with Gasteiger partial charge in [0.1, 0.15) is 10.7 Å². The topological polar surface area (TPSA) is 95.7 Å². The summed E-state index contributed by atoms with van der Waals surface area (Å²) in [5.74, 6) is -0.163. The number of benzene rings is 1. The zero-order valence-corrected chi connectivity index (χ0v) is 16.5. The molecule has 2 fully saturated rings. The number of nitro benzene ring substituents is 1. The Morgan fingerprint density at radius 3 is 2.39 bits per heavy atom. The predicted octanol–water partition coefficient (Wildman–Crippen LogP) is 2.32. The second-order valence-corrected chi connectivity index (χ2v) is 8.20. The van der Waals surface area contributed by atoms with Gasteiger partial charge in [0.2, 0.25) is 5.13 Å². The molecule has 0 N–H and O–H groups in total. The summed E-state index contributed by atoms with van der Waals surface area (Å²) in [4.78, 5) is 30.0. The van der Waals surface area contributed by atoms with E-state index in [1.54, 1.807) is 17.0 Å². The summed E-state index contributed by atoms with van der Waals surface area (Å²) in [7, 11) is 0. The minimum absolute atomic E-state index is 0.00993. The molecule has 1 aromatic carbocycles. The number of nitro groups is 1. The summed E-state index contributed by atoms with van der Waals surface area (Å²) in [5, 5.41) is 21.5. The number of carbonyl (C=O) groups excluding carboxylic acids is 1. The summed E-state index contributed by atoms with van der Waals surface area (Å²) < 4.78 is 0. The smallest absolute Gasteiger partial charge is 0.293 e. The molecule has 2 aliphatic heterocycles. The average molecular weight is 402 g/mol. The van der Waals surface area contributed by atoms with Gasteiger partial charge >= 0.3 is 0 Å². The van der Waals surface area contributed by atoms with Gasteiger partial charge in [-0.15, -0.1) is 10.2 Å². The summed E-state index contributed by atoms with van der Waals surface area (Å²) in [6, 6.07) is 4.86. The van der Waals surface area contributed by atoms with Crippen molar-refractivity contribution in [2.24, 2.45) is 0 Å². The minimum atomic E-state index is -0.389. The molecular weight excluding hydrogens is 380 g/mol. The van der Waals surface area contributed by atoms with E-state index in [0.717, 1.165) is 36.1 Å². The van der Waals surface area contributed by atoms with E-state index in [9.17, 15) is 14.9 Å². The van der Waals surface area contributed by atoms with Crippen LogP contribution in [0.4, 0.5) is 16.5 Å². The summed E-state index contributed by atoms with van der Waals surface area (Å²) in [6.07, 6.45) is 2.08. The van der Waals surface area contributed by atoms with Crippen LogP contribution >= 0.6 is 11.3 Å². The van der Waals surface area contributed by atoms with Crippen LogP contribution in [0.15, 0.2) is 18.2 Å². The Hall–Kier alpha value is -2.75. The van der Waals surface area contributed by atoms with Crippen molar-refractivity contribution in [1.82, 2.24) is 15.1 Å². The quantitative estimate of drug-likeness (QED) is 0.572. The lowest BCUT2D eigenvalue weighted by atomic mass is 10.1. The molecule has 148 valence electrons. The first-order valence-corrected chi connectivity index (χ1v) is 10.2. The van der Waals surface area contributed by atoms with E-state index in [-0.39, 0.29) is 16.5 Å². The third-order valence-electron chi connectivity index (χ3n) is 5.22. The van der Waals surface area contributed by atoms with E-state index in [1.807, 2.05) is 11.8 Å². The Labute approximate surface area is 166 Å². The van der Waals surface area contributed by atoms with E-state index in [0.29, 0.717) is 37.4 Å². The highest BCUT2D eigenvalue weighted by molar-refractivity contribution is 7.15. The lowest BCUT2D eigenvalue weighted by Gasteiger charge is -2.34. The van der Waals surface area contributed by atoms with Crippen LogP contribution in [0, 0.1) is 17.0 Å². The lowest BCUT2D eigenvalue weighted by Crippen LogP contribution is -2.48. The fourth-order valence-electron chi connectivity index (χ4n) is 3.73. The maximum Gasteiger partial charge on any atom is 0.293 e. The SMILES string of the molecule is Cc1nnc(N2CCN(C(=O)c3ccc(N4CCCC4)c([N+](=O)[O-])c3)CC2)s1. The first-order chi connectivity index (χ1) is 13.5. The number of carbonyl (C=O) groups is 1. The molecule has 0 aliphatic carbocycles. The normalized spacial score (nSPS) is 17.2. The standard InChI is InChI=1S/C18H22N6O3S/c1-13-19-20-18(28-13)23-10-8-22(9-11-23)17(25)14-4-5-15(16(12-14)24(26)27)21-6-2-3-7-21/h4-5,12H,2-3,6-11H2,1H3. The van der Waals surface area contributed by atoms with Crippen molar-refractivity contribution in [3.63, 3.8) is 0 Å². The largest absolute Gasteiger partial charge is 0.366 e. The van der Waals surface area contributed by atoms with Gasteiger partial charge in [0.05, 0.1) is 4.92 Å². The lowest BCUT2D eigenvalue weighted by molar-refractivity contribution is -0.384. The molecule has 2 aliphatic rings. The Kier molecular flexibility index (Phi) is 5.12. The van der Waals surface area contributed by atoms with Crippen molar-refractivity contribution in [3.8, 4) is 0 Å².